The van der Waals surface area contributed by atoms with Gasteiger partial charge in [-0.25, -0.2) is 0 Å². The second-order valence-electron chi connectivity index (χ2n) is 5.61. The molecule has 0 bridgehead atoms. The summed E-state index contributed by atoms with van der Waals surface area (Å²) < 4.78 is 11.8. The average Bonchev–Trinajstić information content (AvgIpc) is 2.55. The summed E-state index contributed by atoms with van der Waals surface area (Å²) in [6.07, 6.45) is 2.01. The van der Waals surface area contributed by atoms with Gasteiger partial charge in [0.05, 0.1) is 13.2 Å². The molecule has 3 heteroatoms. The van der Waals surface area contributed by atoms with Crippen LogP contribution in [0.4, 0.5) is 0 Å². The third-order valence-electron chi connectivity index (χ3n) is 4.10. The van der Waals surface area contributed by atoms with Gasteiger partial charge in [-0.15, -0.1) is 0 Å². The fourth-order valence-corrected chi connectivity index (χ4v) is 2.94. The van der Waals surface area contributed by atoms with Gasteiger partial charge in [-0.1, -0.05) is 42.5 Å². The van der Waals surface area contributed by atoms with Crippen LogP contribution in [0.1, 0.15) is 24.3 Å². The molecule has 1 fully saturated rings. The molecule has 2 aromatic rings. The van der Waals surface area contributed by atoms with Gasteiger partial charge in [-0.05, 0) is 42.8 Å². The summed E-state index contributed by atoms with van der Waals surface area (Å²) in [4.78, 5) is 0. The number of rotatable bonds is 5. The topological polar surface area (TPSA) is 30.5 Å². The molecule has 1 aliphatic rings. The van der Waals surface area contributed by atoms with Crippen LogP contribution < -0.4 is 5.32 Å². The fourth-order valence-electron chi connectivity index (χ4n) is 2.94. The SMILES string of the molecule is CNCCCC1OCC(c2cccc3ccccc23)CO1. The summed E-state index contributed by atoms with van der Waals surface area (Å²) >= 11 is 0. The molecule has 21 heavy (non-hydrogen) atoms. The van der Waals surface area contributed by atoms with E-state index in [0.717, 1.165) is 32.6 Å². The molecular weight excluding hydrogens is 262 g/mol. The standard InChI is InChI=1S/C18H23NO2/c1-19-11-5-10-18-20-12-15(13-21-18)17-9-4-7-14-6-2-3-8-16(14)17/h2-4,6-9,15,18-19H,5,10-13H2,1H3. The van der Waals surface area contributed by atoms with E-state index in [0.29, 0.717) is 5.92 Å². The van der Waals surface area contributed by atoms with Gasteiger partial charge in [-0.3, -0.25) is 0 Å². The Hall–Kier alpha value is -1.42. The molecule has 3 rings (SSSR count). The Labute approximate surface area is 126 Å². The highest BCUT2D eigenvalue weighted by molar-refractivity contribution is 5.86. The van der Waals surface area contributed by atoms with E-state index in [-0.39, 0.29) is 6.29 Å². The quantitative estimate of drug-likeness (QED) is 0.855. The maximum atomic E-state index is 5.89. The number of hydrogen-bond acceptors (Lipinski definition) is 3. The van der Waals surface area contributed by atoms with E-state index in [9.17, 15) is 0 Å². The highest BCUT2D eigenvalue weighted by Crippen LogP contribution is 2.29. The second kappa shape index (κ2) is 7.03. The van der Waals surface area contributed by atoms with Crippen molar-refractivity contribution in [1.29, 1.82) is 0 Å². The lowest BCUT2D eigenvalue weighted by molar-refractivity contribution is -0.189. The molecule has 112 valence electrons. The summed E-state index contributed by atoms with van der Waals surface area (Å²) in [5.41, 5.74) is 1.33. The molecule has 0 unspecified atom stereocenters. The summed E-state index contributed by atoms with van der Waals surface area (Å²) in [6, 6.07) is 15.0. The normalized spacial score (nSPS) is 22.5. The summed E-state index contributed by atoms with van der Waals surface area (Å²) in [7, 11) is 1.97. The molecule has 1 N–H and O–H groups in total. The van der Waals surface area contributed by atoms with Crippen LogP contribution in [0.5, 0.6) is 0 Å². The molecule has 0 amide bonds. The summed E-state index contributed by atoms with van der Waals surface area (Å²) in [6.45, 7) is 2.51. The van der Waals surface area contributed by atoms with E-state index >= 15 is 0 Å². The minimum atomic E-state index is -0.0374. The average molecular weight is 285 g/mol. The lowest BCUT2D eigenvalue weighted by Crippen LogP contribution is -2.31. The third-order valence-corrected chi connectivity index (χ3v) is 4.10. The van der Waals surface area contributed by atoms with Gasteiger partial charge in [-0.2, -0.15) is 0 Å². The smallest absolute Gasteiger partial charge is 0.157 e. The van der Waals surface area contributed by atoms with Crippen molar-refractivity contribution in [2.24, 2.45) is 0 Å². The van der Waals surface area contributed by atoms with Gasteiger partial charge in [0.2, 0.25) is 0 Å². The maximum absolute atomic E-state index is 5.89. The molecule has 0 radical (unpaired) electrons. The molecule has 0 aromatic heterocycles. The predicted molar refractivity (Wildman–Crippen MR) is 85.5 cm³/mol. The van der Waals surface area contributed by atoms with Crippen molar-refractivity contribution in [3.05, 3.63) is 48.0 Å². The first-order chi connectivity index (χ1) is 10.4. The highest BCUT2D eigenvalue weighted by atomic mass is 16.7. The molecule has 1 heterocycles. The number of nitrogens with one attached hydrogen (secondary N) is 1. The van der Waals surface area contributed by atoms with Crippen LogP contribution in [-0.4, -0.2) is 33.1 Å². The van der Waals surface area contributed by atoms with E-state index in [1.54, 1.807) is 0 Å². The van der Waals surface area contributed by atoms with Crippen molar-refractivity contribution in [2.75, 3.05) is 26.8 Å². The van der Waals surface area contributed by atoms with Crippen molar-refractivity contribution in [2.45, 2.75) is 25.0 Å². The van der Waals surface area contributed by atoms with E-state index in [1.807, 2.05) is 7.05 Å². The van der Waals surface area contributed by atoms with Crippen molar-refractivity contribution in [3.63, 3.8) is 0 Å². The molecule has 2 aromatic carbocycles. The minimum absolute atomic E-state index is 0.0374. The zero-order chi connectivity index (χ0) is 14.5. The zero-order valence-corrected chi connectivity index (χ0v) is 12.5. The van der Waals surface area contributed by atoms with Crippen molar-refractivity contribution >= 4 is 10.8 Å². The molecule has 0 atom stereocenters. The largest absolute Gasteiger partial charge is 0.352 e. The Morgan fingerprint density at radius 2 is 1.81 bits per heavy atom. The number of fused-ring (bicyclic) bond motifs is 1. The van der Waals surface area contributed by atoms with Crippen LogP contribution in [0.2, 0.25) is 0 Å². The predicted octanol–water partition coefficient (Wildman–Crippen LogP) is 3.30. The number of benzene rings is 2. The molecule has 0 saturated carbocycles. The first-order valence-electron chi connectivity index (χ1n) is 7.74. The van der Waals surface area contributed by atoms with Crippen molar-refractivity contribution < 1.29 is 9.47 Å². The Kier molecular flexibility index (Phi) is 4.86. The Morgan fingerprint density at radius 1 is 1.05 bits per heavy atom. The first-order valence-corrected chi connectivity index (χ1v) is 7.74. The molecule has 1 saturated heterocycles. The van der Waals surface area contributed by atoms with Crippen LogP contribution in [0, 0.1) is 0 Å². The van der Waals surface area contributed by atoms with Crippen LogP contribution in [-0.2, 0) is 9.47 Å². The first kappa shape index (κ1) is 14.5. The Balaban J connectivity index is 1.66. The molecule has 0 spiro atoms. The summed E-state index contributed by atoms with van der Waals surface area (Å²) in [5, 5.41) is 5.75. The molecular formula is C18H23NO2. The van der Waals surface area contributed by atoms with Gasteiger partial charge < -0.3 is 14.8 Å². The van der Waals surface area contributed by atoms with Crippen LogP contribution >= 0.6 is 0 Å². The number of ether oxygens (including phenoxy) is 2. The second-order valence-corrected chi connectivity index (χ2v) is 5.61. The van der Waals surface area contributed by atoms with Gasteiger partial charge in [0.1, 0.15) is 0 Å². The van der Waals surface area contributed by atoms with Crippen LogP contribution in [0.25, 0.3) is 10.8 Å². The van der Waals surface area contributed by atoms with Gasteiger partial charge >= 0.3 is 0 Å². The van der Waals surface area contributed by atoms with Gasteiger partial charge in [0.25, 0.3) is 0 Å². The summed E-state index contributed by atoms with van der Waals surface area (Å²) in [5.74, 6) is 0.330. The fraction of sp³-hybridized carbons (Fsp3) is 0.444. The van der Waals surface area contributed by atoms with Gasteiger partial charge in [0, 0.05) is 5.92 Å². The lowest BCUT2D eigenvalue weighted by atomic mass is 9.94. The molecule has 0 aliphatic carbocycles. The highest BCUT2D eigenvalue weighted by Gasteiger charge is 2.24. The Bertz CT molecular complexity index is 571. The lowest BCUT2D eigenvalue weighted by Gasteiger charge is -2.30. The van der Waals surface area contributed by atoms with E-state index in [4.69, 9.17) is 9.47 Å². The minimum Gasteiger partial charge on any atom is -0.352 e. The third kappa shape index (κ3) is 3.43. The Morgan fingerprint density at radius 3 is 2.62 bits per heavy atom. The van der Waals surface area contributed by atoms with Crippen LogP contribution in [0.15, 0.2) is 42.5 Å². The van der Waals surface area contributed by atoms with Gasteiger partial charge in [0.15, 0.2) is 6.29 Å². The molecule has 3 nitrogen and oxygen atoms in total. The molecule has 1 aliphatic heterocycles. The zero-order valence-electron chi connectivity index (χ0n) is 12.5. The van der Waals surface area contributed by atoms with Crippen molar-refractivity contribution in [1.82, 2.24) is 5.32 Å². The van der Waals surface area contributed by atoms with E-state index < -0.39 is 0 Å². The number of hydrogen-bond donors (Lipinski definition) is 1. The van der Waals surface area contributed by atoms with Crippen molar-refractivity contribution in [3.8, 4) is 0 Å². The maximum Gasteiger partial charge on any atom is 0.157 e. The van der Waals surface area contributed by atoms with Crippen LogP contribution in [0.3, 0.4) is 0 Å². The van der Waals surface area contributed by atoms with E-state index in [2.05, 4.69) is 47.8 Å². The monoisotopic (exact) mass is 285 g/mol. The van der Waals surface area contributed by atoms with E-state index in [1.165, 1.54) is 16.3 Å².